The molecule has 2 rings (SSSR count). The van der Waals surface area contributed by atoms with Crippen molar-refractivity contribution < 1.29 is 0 Å². The lowest BCUT2D eigenvalue weighted by Gasteiger charge is -2.29. The van der Waals surface area contributed by atoms with Gasteiger partial charge in [0.05, 0.1) is 0 Å². The van der Waals surface area contributed by atoms with Gasteiger partial charge >= 0.3 is 0 Å². The largest absolute Gasteiger partial charge is 0.382 e. The molecular weight excluding hydrogens is 196 g/mol. The SMILES string of the molecule is CNCC1CCC(Nc2ccccc2)CC1. The number of hydrogen-bond donors (Lipinski definition) is 2. The topological polar surface area (TPSA) is 24.1 Å². The molecule has 0 amide bonds. The molecule has 0 bridgehead atoms. The Morgan fingerprint density at radius 2 is 1.75 bits per heavy atom. The average Bonchev–Trinajstić information content (AvgIpc) is 2.33. The molecule has 1 aliphatic rings. The second kappa shape index (κ2) is 5.90. The van der Waals surface area contributed by atoms with Crippen LogP contribution in [0.3, 0.4) is 0 Å². The number of para-hydroxylation sites is 1. The van der Waals surface area contributed by atoms with Gasteiger partial charge in [0.15, 0.2) is 0 Å². The van der Waals surface area contributed by atoms with Gasteiger partial charge in [0, 0.05) is 11.7 Å². The fraction of sp³-hybridized carbons (Fsp3) is 0.571. The lowest BCUT2D eigenvalue weighted by molar-refractivity contribution is 0.331. The van der Waals surface area contributed by atoms with Crippen molar-refractivity contribution in [1.29, 1.82) is 0 Å². The van der Waals surface area contributed by atoms with E-state index in [-0.39, 0.29) is 0 Å². The molecule has 0 aromatic heterocycles. The van der Waals surface area contributed by atoms with E-state index in [0.717, 1.165) is 5.92 Å². The van der Waals surface area contributed by atoms with E-state index >= 15 is 0 Å². The third kappa shape index (κ3) is 3.24. The summed E-state index contributed by atoms with van der Waals surface area (Å²) < 4.78 is 0. The van der Waals surface area contributed by atoms with Gasteiger partial charge in [-0.3, -0.25) is 0 Å². The number of hydrogen-bond acceptors (Lipinski definition) is 2. The first-order valence-corrected chi connectivity index (χ1v) is 6.34. The van der Waals surface area contributed by atoms with Crippen LogP contribution in [0.5, 0.6) is 0 Å². The number of nitrogens with one attached hydrogen (secondary N) is 2. The second-order valence-electron chi connectivity index (χ2n) is 4.79. The minimum atomic E-state index is 0.676. The second-order valence-corrected chi connectivity index (χ2v) is 4.79. The highest BCUT2D eigenvalue weighted by molar-refractivity contribution is 5.43. The van der Waals surface area contributed by atoms with Crippen LogP contribution in [-0.2, 0) is 0 Å². The summed E-state index contributed by atoms with van der Waals surface area (Å²) in [6, 6.07) is 11.2. The first-order valence-electron chi connectivity index (χ1n) is 6.34. The third-order valence-electron chi connectivity index (χ3n) is 3.48. The zero-order valence-electron chi connectivity index (χ0n) is 10.1. The van der Waals surface area contributed by atoms with Gasteiger partial charge in [-0.15, -0.1) is 0 Å². The van der Waals surface area contributed by atoms with Gasteiger partial charge in [-0.2, -0.15) is 0 Å². The van der Waals surface area contributed by atoms with E-state index in [1.807, 2.05) is 7.05 Å². The van der Waals surface area contributed by atoms with Crippen LogP contribution in [0.15, 0.2) is 30.3 Å². The predicted octanol–water partition coefficient (Wildman–Crippen LogP) is 2.88. The molecule has 16 heavy (non-hydrogen) atoms. The molecule has 2 heteroatoms. The van der Waals surface area contributed by atoms with Crippen LogP contribution in [-0.4, -0.2) is 19.6 Å². The Labute approximate surface area is 98.4 Å². The van der Waals surface area contributed by atoms with Crippen LogP contribution in [0, 0.1) is 5.92 Å². The van der Waals surface area contributed by atoms with Crippen molar-refractivity contribution in [3.63, 3.8) is 0 Å². The molecule has 0 atom stereocenters. The van der Waals surface area contributed by atoms with Gasteiger partial charge in [0.25, 0.3) is 0 Å². The van der Waals surface area contributed by atoms with Crippen LogP contribution in [0.2, 0.25) is 0 Å². The van der Waals surface area contributed by atoms with Crippen molar-refractivity contribution in [2.75, 3.05) is 18.9 Å². The molecule has 1 aromatic carbocycles. The highest BCUT2D eigenvalue weighted by atomic mass is 14.9. The molecule has 2 nitrogen and oxygen atoms in total. The quantitative estimate of drug-likeness (QED) is 0.812. The van der Waals surface area contributed by atoms with Gasteiger partial charge in [0.2, 0.25) is 0 Å². The van der Waals surface area contributed by atoms with E-state index in [1.54, 1.807) is 0 Å². The lowest BCUT2D eigenvalue weighted by atomic mass is 9.86. The Bertz CT molecular complexity index is 289. The van der Waals surface area contributed by atoms with Gasteiger partial charge in [-0.05, 0) is 57.3 Å². The molecular formula is C14H22N2. The van der Waals surface area contributed by atoms with Gasteiger partial charge in [0.1, 0.15) is 0 Å². The summed E-state index contributed by atoms with van der Waals surface area (Å²) in [7, 11) is 2.05. The van der Waals surface area contributed by atoms with E-state index in [2.05, 4.69) is 41.0 Å². The van der Waals surface area contributed by atoms with Crippen molar-refractivity contribution in [2.45, 2.75) is 31.7 Å². The van der Waals surface area contributed by atoms with Crippen molar-refractivity contribution in [3.05, 3.63) is 30.3 Å². The molecule has 0 radical (unpaired) electrons. The summed E-state index contributed by atoms with van der Waals surface area (Å²) in [6.45, 7) is 1.18. The molecule has 88 valence electrons. The maximum atomic E-state index is 3.62. The lowest BCUT2D eigenvalue weighted by Crippen LogP contribution is -2.30. The Hall–Kier alpha value is -1.02. The molecule has 0 unspecified atom stereocenters. The third-order valence-corrected chi connectivity index (χ3v) is 3.48. The Morgan fingerprint density at radius 3 is 2.38 bits per heavy atom. The monoisotopic (exact) mass is 218 g/mol. The van der Waals surface area contributed by atoms with E-state index in [0.29, 0.717) is 6.04 Å². The number of anilines is 1. The van der Waals surface area contributed by atoms with Crippen molar-refractivity contribution in [3.8, 4) is 0 Å². The molecule has 1 aliphatic carbocycles. The molecule has 1 fully saturated rings. The molecule has 1 saturated carbocycles. The van der Waals surface area contributed by atoms with Crippen molar-refractivity contribution in [2.24, 2.45) is 5.92 Å². The molecule has 0 aliphatic heterocycles. The summed E-state index contributed by atoms with van der Waals surface area (Å²) in [5.74, 6) is 0.888. The predicted molar refractivity (Wildman–Crippen MR) is 69.7 cm³/mol. The maximum absolute atomic E-state index is 3.62. The van der Waals surface area contributed by atoms with Crippen LogP contribution in [0.1, 0.15) is 25.7 Å². The van der Waals surface area contributed by atoms with Gasteiger partial charge in [-0.25, -0.2) is 0 Å². The smallest absolute Gasteiger partial charge is 0.0342 e. The molecule has 2 N–H and O–H groups in total. The van der Waals surface area contributed by atoms with E-state index in [9.17, 15) is 0 Å². The minimum absolute atomic E-state index is 0.676. The molecule has 1 aromatic rings. The van der Waals surface area contributed by atoms with Gasteiger partial charge < -0.3 is 10.6 Å². The number of rotatable bonds is 4. The first kappa shape index (κ1) is 11.5. The van der Waals surface area contributed by atoms with E-state index < -0.39 is 0 Å². The minimum Gasteiger partial charge on any atom is -0.382 e. The molecule has 0 heterocycles. The summed E-state index contributed by atoms with van der Waals surface area (Å²) in [5, 5.41) is 6.90. The zero-order chi connectivity index (χ0) is 11.2. The fourth-order valence-electron chi connectivity index (χ4n) is 2.57. The highest BCUT2D eigenvalue weighted by Crippen LogP contribution is 2.25. The first-order chi connectivity index (χ1) is 7.88. The van der Waals surface area contributed by atoms with Crippen LogP contribution < -0.4 is 10.6 Å². The summed E-state index contributed by atoms with van der Waals surface area (Å²) in [6.07, 6.45) is 5.32. The Morgan fingerprint density at radius 1 is 1.06 bits per heavy atom. The van der Waals surface area contributed by atoms with Crippen molar-refractivity contribution in [1.82, 2.24) is 5.32 Å². The maximum Gasteiger partial charge on any atom is 0.0342 e. The number of benzene rings is 1. The zero-order valence-corrected chi connectivity index (χ0v) is 10.1. The Balaban J connectivity index is 1.77. The summed E-state index contributed by atoms with van der Waals surface area (Å²) in [4.78, 5) is 0. The fourth-order valence-corrected chi connectivity index (χ4v) is 2.57. The average molecular weight is 218 g/mol. The van der Waals surface area contributed by atoms with Gasteiger partial charge in [-0.1, -0.05) is 18.2 Å². The highest BCUT2D eigenvalue weighted by Gasteiger charge is 2.20. The normalized spacial score (nSPS) is 25.3. The Kier molecular flexibility index (Phi) is 4.23. The molecule has 0 saturated heterocycles. The summed E-state index contributed by atoms with van der Waals surface area (Å²) >= 11 is 0. The van der Waals surface area contributed by atoms with Crippen molar-refractivity contribution >= 4 is 5.69 Å². The van der Waals surface area contributed by atoms with Crippen LogP contribution in [0.25, 0.3) is 0 Å². The van der Waals surface area contributed by atoms with E-state index in [1.165, 1.54) is 37.9 Å². The molecule has 0 spiro atoms. The van der Waals surface area contributed by atoms with E-state index in [4.69, 9.17) is 0 Å². The summed E-state index contributed by atoms with van der Waals surface area (Å²) in [5.41, 5.74) is 1.26. The van der Waals surface area contributed by atoms with Crippen LogP contribution >= 0.6 is 0 Å². The standard InChI is InChI=1S/C14H22N2/c1-15-11-12-7-9-14(10-8-12)16-13-5-3-2-4-6-13/h2-6,12,14-16H,7-11H2,1H3. The van der Waals surface area contributed by atoms with Crippen LogP contribution in [0.4, 0.5) is 5.69 Å².